The molecule has 8 heteroatoms. The largest absolute Gasteiger partial charge is 0.350 e. The second-order valence-corrected chi connectivity index (χ2v) is 4.81. The summed E-state index contributed by atoms with van der Waals surface area (Å²) in [6.07, 6.45) is 0.300. The monoisotopic (exact) mass is 286 g/mol. The second-order valence-electron chi connectivity index (χ2n) is 4.81. The van der Waals surface area contributed by atoms with Crippen LogP contribution in [0.5, 0.6) is 0 Å². The maximum atomic E-state index is 13.6. The van der Waals surface area contributed by atoms with Crippen LogP contribution < -0.4 is 16.2 Å². The van der Waals surface area contributed by atoms with Crippen molar-refractivity contribution in [3.63, 3.8) is 0 Å². The molecule has 2 heterocycles. The highest BCUT2D eigenvalue weighted by Gasteiger charge is 2.41. The molecule has 110 valence electrons. The smallest absolute Gasteiger partial charge is 0.271 e. The van der Waals surface area contributed by atoms with E-state index in [0.29, 0.717) is 13.0 Å². The van der Waals surface area contributed by atoms with Crippen molar-refractivity contribution >= 4 is 5.91 Å². The van der Waals surface area contributed by atoms with Crippen molar-refractivity contribution in [1.29, 1.82) is 0 Å². The zero-order chi connectivity index (χ0) is 14.8. The molecular formula is C12H16F2N4O2. The molecule has 6 nitrogen and oxygen atoms in total. The van der Waals surface area contributed by atoms with Crippen LogP contribution in [0.2, 0.25) is 0 Å². The molecule has 0 spiro atoms. The van der Waals surface area contributed by atoms with Crippen LogP contribution in [-0.4, -0.2) is 41.2 Å². The molecule has 1 atom stereocenters. The Balaban J connectivity index is 1.98. The quantitative estimate of drug-likeness (QED) is 0.804. The number of nitrogens with zero attached hydrogens (tertiary/aromatic N) is 2. The lowest BCUT2D eigenvalue weighted by Gasteiger charge is -2.31. The summed E-state index contributed by atoms with van der Waals surface area (Å²) in [4.78, 5) is 23.0. The first-order valence-electron chi connectivity index (χ1n) is 6.31. The molecule has 2 rings (SSSR count). The Labute approximate surface area is 114 Å². The molecule has 1 unspecified atom stereocenters. The third-order valence-corrected chi connectivity index (χ3v) is 3.33. The van der Waals surface area contributed by atoms with Crippen LogP contribution in [0.1, 0.15) is 16.9 Å². The van der Waals surface area contributed by atoms with E-state index in [-0.39, 0.29) is 24.3 Å². The number of amides is 1. The van der Waals surface area contributed by atoms with Crippen LogP contribution >= 0.6 is 0 Å². The van der Waals surface area contributed by atoms with Gasteiger partial charge in [0.05, 0.1) is 6.54 Å². The number of aromatic nitrogens is 2. The number of alkyl halides is 2. The maximum absolute atomic E-state index is 13.6. The zero-order valence-electron chi connectivity index (χ0n) is 11.0. The molecule has 1 amide bonds. The summed E-state index contributed by atoms with van der Waals surface area (Å²) in [7, 11) is 1.42. The van der Waals surface area contributed by atoms with Crippen molar-refractivity contribution in [3.05, 3.63) is 28.2 Å². The van der Waals surface area contributed by atoms with E-state index < -0.39 is 17.7 Å². The fourth-order valence-corrected chi connectivity index (χ4v) is 2.07. The Morgan fingerprint density at radius 1 is 1.60 bits per heavy atom. The summed E-state index contributed by atoms with van der Waals surface area (Å²) in [6.45, 7) is 0.0257. The van der Waals surface area contributed by atoms with Gasteiger partial charge in [-0.15, -0.1) is 0 Å². The molecular weight excluding hydrogens is 270 g/mol. The SMILES string of the molecule is Cn1nc(C(=O)NCC2CCNCC2(F)F)ccc1=O. The molecule has 1 aromatic heterocycles. The highest BCUT2D eigenvalue weighted by molar-refractivity contribution is 5.91. The molecule has 2 N–H and O–H groups in total. The molecule has 0 aliphatic carbocycles. The number of aryl methyl sites for hydroxylation is 1. The molecule has 1 saturated heterocycles. The van der Waals surface area contributed by atoms with E-state index in [0.717, 1.165) is 4.68 Å². The van der Waals surface area contributed by atoms with E-state index in [4.69, 9.17) is 0 Å². The van der Waals surface area contributed by atoms with Gasteiger partial charge in [-0.2, -0.15) is 5.10 Å². The van der Waals surface area contributed by atoms with Crippen molar-refractivity contribution < 1.29 is 13.6 Å². The fraction of sp³-hybridized carbons (Fsp3) is 0.583. The maximum Gasteiger partial charge on any atom is 0.271 e. The van der Waals surface area contributed by atoms with E-state index in [1.165, 1.54) is 19.2 Å². The first-order valence-corrected chi connectivity index (χ1v) is 6.31. The third kappa shape index (κ3) is 3.19. The fourth-order valence-electron chi connectivity index (χ4n) is 2.07. The number of hydrogen-bond donors (Lipinski definition) is 2. The van der Waals surface area contributed by atoms with Gasteiger partial charge in [0.25, 0.3) is 17.4 Å². The van der Waals surface area contributed by atoms with Crippen LogP contribution in [0, 0.1) is 5.92 Å². The predicted octanol–water partition coefficient (Wildman–Crippen LogP) is -0.245. The van der Waals surface area contributed by atoms with Crippen molar-refractivity contribution in [2.45, 2.75) is 12.3 Å². The van der Waals surface area contributed by atoms with E-state index >= 15 is 0 Å². The Bertz CT molecular complexity index is 559. The average molecular weight is 286 g/mol. The zero-order valence-corrected chi connectivity index (χ0v) is 11.0. The number of carbonyl (C=O) groups excluding carboxylic acids is 1. The molecule has 0 radical (unpaired) electrons. The van der Waals surface area contributed by atoms with Gasteiger partial charge >= 0.3 is 0 Å². The Kier molecular flexibility index (Phi) is 4.12. The number of halogens is 2. The number of rotatable bonds is 3. The van der Waals surface area contributed by atoms with E-state index in [1.54, 1.807) is 0 Å². The van der Waals surface area contributed by atoms with Crippen molar-refractivity contribution in [3.8, 4) is 0 Å². The van der Waals surface area contributed by atoms with Crippen molar-refractivity contribution in [2.24, 2.45) is 13.0 Å². The Morgan fingerprint density at radius 3 is 3.00 bits per heavy atom. The first-order chi connectivity index (χ1) is 9.40. The molecule has 0 aromatic carbocycles. The summed E-state index contributed by atoms with van der Waals surface area (Å²) >= 11 is 0. The van der Waals surface area contributed by atoms with Gasteiger partial charge in [-0.25, -0.2) is 13.5 Å². The van der Waals surface area contributed by atoms with Gasteiger partial charge in [0, 0.05) is 25.6 Å². The lowest BCUT2D eigenvalue weighted by Crippen LogP contribution is -2.50. The van der Waals surface area contributed by atoms with Gasteiger partial charge in [-0.05, 0) is 19.0 Å². The minimum Gasteiger partial charge on any atom is -0.350 e. The van der Waals surface area contributed by atoms with Crippen LogP contribution in [0.4, 0.5) is 8.78 Å². The standard InChI is InChI=1S/C12H16F2N4O2/c1-18-10(19)3-2-9(17-18)11(20)16-6-8-4-5-15-7-12(8,13)14/h2-3,8,15H,4-7H2,1H3,(H,16,20). The average Bonchev–Trinajstić information content (AvgIpc) is 2.40. The van der Waals surface area contributed by atoms with Gasteiger partial charge in [0.15, 0.2) is 0 Å². The molecule has 20 heavy (non-hydrogen) atoms. The number of carbonyl (C=O) groups is 1. The predicted molar refractivity (Wildman–Crippen MR) is 67.7 cm³/mol. The summed E-state index contributed by atoms with van der Waals surface area (Å²) in [5, 5.41) is 8.84. The molecule has 1 fully saturated rings. The topological polar surface area (TPSA) is 76.0 Å². The van der Waals surface area contributed by atoms with Crippen LogP contribution in [0.15, 0.2) is 16.9 Å². The van der Waals surface area contributed by atoms with Crippen LogP contribution in [0.25, 0.3) is 0 Å². The van der Waals surface area contributed by atoms with Crippen molar-refractivity contribution in [1.82, 2.24) is 20.4 Å². The van der Waals surface area contributed by atoms with Gasteiger partial charge in [-0.3, -0.25) is 9.59 Å². The number of piperidine rings is 1. The van der Waals surface area contributed by atoms with E-state index in [1.807, 2.05) is 0 Å². The lowest BCUT2D eigenvalue weighted by atomic mass is 9.94. The van der Waals surface area contributed by atoms with Gasteiger partial charge in [-0.1, -0.05) is 0 Å². The minimum atomic E-state index is -2.83. The molecule has 1 aliphatic heterocycles. The molecule has 1 aromatic rings. The van der Waals surface area contributed by atoms with Gasteiger partial charge in [0.1, 0.15) is 5.69 Å². The normalized spacial score (nSPS) is 21.4. The Hall–Kier alpha value is -1.83. The first kappa shape index (κ1) is 14.6. The molecule has 0 bridgehead atoms. The van der Waals surface area contributed by atoms with Crippen LogP contribution in [-0.2, 0) is 7.05 Å². The highest BCUT2D eigenvalue weighted by atomic mass is 19.3. The summed E-state index contributed by atoms with van der Waals surface area (Å²) < 4.78 is 28.1. The highest BCUT2D eigenvalue weighted by Crippen LogP contribution is 2.28. The Morgan fingerprint density at radius 2 is 2.35 bits per heavy atom. The number of nitrogens with one attached hydrogen (secondary N) is 2. The molecule has 1 aliphatic rings. The van der Waals surface area contributed by atoms with Gasteiger partial charge < -0.3 is 10.6 Å². The summed E-state index contributed by atoms with van der Waals surface area (Å²) in [6, 6.07) is 2.49. The number of hydrogen-bond acceptors (Lipinski definition) is 4. The second kappa shape index (κ2) is 5.66. The molecule has 0 saturated carbocycles. The third-order valence-electron chi connectivity index (χ3n) is 3.33. The van der Waals surface area contributed by atoms with Crippen molar-refractivity contribution in [2.75, 3.05) is 19.6 Å². The van der Waals surface area contributed by atoms with E-state index in [9.17, 15) is 18.4 Å². The summed E-state index contributed by atoms with van der Waals surface area (Å²) in [5.41, 5.74) is -0.309. The summed E-state index contributed by atoms with van der Waals surface area (Å²) in [5.74, 6) is -4.28. The van der Waals surface area contributed by atoms with Crippen LogP contribution in [0.3, 0.4) is 0 Å². The minimum absolute atomic E-state index is 0.0318. The van der Waals surface area contributed by atoms with E-state index in [2.05, 4.69) is 15.7 Å². The van der Waals surface area contributed by atoms with Gasteiger partial charge in [0.2, 0.25) is 0 Å². The lowest BCUT2D eigenvalue weighted by molar-refractivity contribution is -0.0712.